The zero-order valence-corrected chi connectivity index (χ0v) is 15.6. The first kappa shape index (κ1) is 18.1. The summed E-state index contributed by atoms with van der Waals surface area (Å²) in [5, 5.41) is 6.56. The van der Waals surface area contributed by atoms with E-state index in [1.165, 1.54) is 12.4 Å². The lowest BCUT2D eigenvalue weighted by molar-refractivity contribution is 0.102. The molecule has 142 valence electrons. The third-order valence-electron chi connectivity index (χ3n) is 4.11. The van der Waals surface area contributed by atoms with Gasteiger partial charge >= 0.3 is 0 Å². The Morgan fingerprint density at radius 1 is 1.04 bits per heavy atom. The van der Waals surface area contributed by atoms with Crippen LogP contribution in [0.1, 0.15) is 15.9 Å². The Morgan fingerprint density at radius 3 is 2.57 bits per heavy atom. The molecule has 0 saturated heterocycles. The number of benzene rings is 2. The predicted molar refractivity (Wildman–Crippen MR) is 106 cm³/mol. The largest absolute Gasteiger partial charge is 0.486 e. The summed E-state index contributed by atoms with van der Waals surface area (Å²) in [4.78, 5) is 20.8. The molecule has 7 nitrogen and oxygen atoms in total. The lowest BCUT2D eigenvalue weighted by atomic mass is 10.2. The maximum Gasteiger partial charge on any atom is 0.258 e. The lowest BCUT2D eigenvalue weighted by Gasteiger charge is -2.19. The van der Waals surface area contributed by atoms with Crippen molar-refractivity contribution in [1.29, 1.82) is 0 Å². The fourth-order valence-corrected chi connectivity index (χ4v) is 2.88. The van der Waals surface area contributed by atoms with Crippen LogP contribution in [0.25, 0.3) is 0 Å². The minimum absolute atomic E-state index is 0.311. The number of fused-ring (bicyclic) bond motifs is 1. The molecular weight excluding hydrogens is 380 g/mol. The molecular formula is C20H17ClN4O3. The molecule has 2 heterocycles. The summed E-state index contributed by atoms with van der Waals surface area (Å²) in [6, 6.07) is 12.8. The summed E-state index contributed by atoms with van der Waals surface area (Å²) < 4.78 is 11.0. The van der Waals surface area contributed by atoms with E-state index >= 15 is 0 Å². The summed E-state index contributed by atoms with van der Waals surface area (Å²) in [7, 11) is 0. The van der Waals surface area contributed by atoms with Crippen molar-refractivity contribution in [2.24, 2.45) is 0 Å². The van der Waals surface area contributed by atoms with Crippen molar-refractivity contribution in [2.45, 2.75) is 6.54 Å². The van der Waals surface area contributed by atoms with E-state index in [4.69, 9.17) is 21.1 Å². The van der Waals surface area contributed by atoms with E-state index in [1.54, 1.807) is 18.2 Å². The van der Waals surface area contributed by atoms with Crippen molar-refractivity contribution >= 4 is 29.1 Å². The monoisotopic (exact) mass is 396 g/mol. The fraction of sp³-hybridized carbons (Fsp3) is 0.150. The topological polar surface area (TPSA) is 85.4 Å². The molecule has 1 aliphatic rings. The molecule has 2 N–H and O–H groups in total. The van der Waals surface area contributed by atoms with Gasteiger partial charge in [0.1, 0.15) is 13.2 Å². The first-order chi connectivity index (χ1) is 13.7. The summed E-state index contributed by atoms with van der Waals surface area (Å²) in [5.74, 6) is 1.38. The number of ether oxygens (including phenoxy) is 2. The van der Waals surface area contributed by atoms with Gasteiger partial charge in [-0.1, -0.05) is 29.8 Å². The smallest absolute Gasteiger partial charge is 0.258 e. The van der Waals surface area contributed by atoms with Crippen LogP contribution in [-0.2, 0) is 6.54 Å². The molecule has 3 aromatic rings. The van der Waals surface area contributed by atoms with Crippen LogP contribution in [0.4, 0.5) is 11.6 Å². The molecule has 2 aromatic carbocycles. The summed E-state index contributed by atoms with van der Waals surface area (Å²) in [6.07, 6.45) is 2.94. The number of amides is 1. The third-order valence-corrected chi connectivity index (χ3v) is 4.48. The molecule has 0 unspecified atom stereocenters. The van der Waals surface area contributed by atoms with E-state index < -0.39 is 0 Å². The molecule has 8 heteroatoms. The van der Waals surface area contributed by atoms with Gasteiger partial charge in [-0.15, -0.1) is 0 Å². The number of carbonyl (C=O) groups is 1. The van der Waals surface area contributed by atoms with E-state index in [9.17, 15) is 4.79 Å². The van der Waals surface area contributed by atoms with Crippen molar-refractivity contribution in [2.75, 3.05) is 23.8 Å². The number of anilines is 2. The minimum Gasteiger partial charge on any atom is -0.486 e. The standard InChI is InChI=1S/C20H17ClN4O3/c21-16-4-2-1-3-13(16)10-22-20-23-11-14(12-24-20)19(26)25-15-5-6-17-18(9-15)28-8-7-27-17/h1-6,9,11-12H,7-8,10H2,(H,25,26)(H,22,23,24). The Kier molecular flexibility index (Phi) is 5.25. The second kappa shape index (κ2) is 8.14. The van der Waals surface area contributed by atoms with E-state index in [2.05, 4.69) is 20.6 Å². The number of rotatable bonds is 5. The van der Waals surface area contributed by atoms with Gasteiger partial charge in [-0.25, -0.2) is 9.97 Å². The van der Waals surface area contributed by atoms with Crippen LogP contribution < -0.4 is 20.1 Å². The van der Waals surface area contributed by atoms with E-state index in [0.717, 1.165) is 5.56 Å². The van der Waals surface area contributed by atoms with Gasteiger partial charge in [0.25, 0.3) is 5.91 Å². The van der Waals surface area contributed by atoms with Gasteiger partial charge in [0.15, 0.2) is 11.5 Å². The zero-order chi connectivity index (χ0) is 19.3. The molecule has 0 radical (unpaired) electrons. The second-order valence-corrected chi connectivity index (χ2v) is 6.46. The molecule has 1 amide bonds. The molecule has 0 saturated carbocycles. The van der Waals surface area contributed by atoms with Crippen molar-refractivity contribution in [3.05, 3.63) is 71.0 Å². The van der Waals surface area contributed by atoms with Gasteiger partial charge in [-0.05, 0) is 23.8 Å². The number of nitrogens with one attached hydrogen (secondary N) is 2. The quantitative estimate of drug-likeness (QED) is 0.683. The lowest BCUT2D eigenvalue weighted by Crippen LogP contribution is -2.16. The summed E-state index contributed by atoms with van der Waals surface area (Å²) in [6.45, 7) is 1.50. The molecule has 0 fully saturated rings. The van der Waals surface area contributed by atoms with E-state index in [0.29, 0.717) is 53.5 Å². The highest BCUT2D eigenvalue weighted by Crippen LogP contribution is 2.32. The number of halogens is 1. The van der Waals surface area contributed by atoms with E-state index in [1.807, 2.05) is 24.3 Å². The molecule has 1 aromatic heterocycles. The fourth-order valence-electron chi connectivity index (χ4n) is 2.68. The normalized spacial score (nSPS) is 12.3. The predicted octanol–water partition coefficient (Wildman–Crippen LogP) is 3.77. The average Bonchev–Trinajstić information content (AvgIpc) is 2.73. The highest BCUT2D eigenvalue weighted by Gasteiger charge is 2.14. The molecule has 1 aliphatic heterocycles. The van der Waals surface area contributed by atoms with Gasteiger partial charge < -0.3 is 20.1 Å². The molecule has 0 atom stereocenters. The minimum atomic E-state index is -0.311. The first-order valence-corrected chi connectivity index (χ1v) is 9.07. The van der Waals surface area contributed by atoms with Gasteiger partial charge in [0, 0.05) is 35.7 Å². The number of hydrogen-bond acceptors (Lipinski definition) is 6. The van der Waals surface area contributed by atoms with Crippen molar-refractivity contribution in [3.8, 4) is 11.5 Å². The second-order valence-electron chi connectivity index (χ2n) is 6.05. The maximum atomic E-state index is 12.4. The third kappa shape index (κ3) is 4.15. The number of hydrogen-bond donors (Lipinski definition) is 2. The summed E-state index contributed by atoms with van der Waals surface area (Å²) in [5.41, 5.74) is 1.89. The Balaban J connectivity index is 1.38. The molecule has 0 aliphatic carbocycles. The van der Waals surface area contributed by atoms with Gasteiger partial charge in [0.2, 0.25) is 5.95 Å². The highest BCUT2D eigenvalue weighted by molar-refractivity contribution is 6.31. The van der Waals surface area contributed by atoms with Crippen molar-refractivity contribution < 1.29 is 14.3 Å². The maximum absolute atomic E-state index is 12.4. The highest BCUT2D eigenvalue weighted by atomic mass is 35.5. The molecule has 0 bridgehead atoms. The van der Waals surface area contributed by atoms with Gasteiger partial charge in [-0.2, -0.15) is 0 Å². The Bertz CT molecular complexity index is 995. The zero-order valence-electron chi connectivity index (χ0n) is 14.8. The van der Waals surface area contributed by atoms with Gasteiger partial charge in [0.05, 0.1) is 5.56 Å². The van der Waals surface area contributed by atoms with Gasteiger partial charge in [-0.3, -0.25) is 4.79 Å². The molecule has 4 rings (SSSR count). The SMILES string of the molecule is O=C(Nc1ccc2c(c1)OCCO2)c1cnc(NCc2ccccc2Cl)nc1. The number of aromatic nitrogens is 2. The van der Waals surface area contributed by atoms with Crippen LogP contribution in [0, 0.1) is 0 Å². The average molecular weight is 397 g/mol. The Labute approximate surface area is 166 Å². The van der Waals surface area contributed by atoms with E-state index in [-0.39, 0.29) is 5.91 Å². The Morgan fingerprint density at radius 2 is 1.79 bits per heavy atom. The van der Waals surface area contributed by atoms with Crippen LogP contribution in [-0.4, -0.2) is 29.1 Å². The number of nitrogens with zero attached hydrogens (tertiary/aromatic N) is 2. The summed E-state index contributed by atoms with van der Waals surface area (Å²) >= 11 is 6.13. The molecule has 0 spiro atoms. The van der Waals surface area contributed by atoms with Crippen LogP contribution >= 0.6 is 11.6 Å². The van der Waals surface area contributed by atoms with Crippen molar-refractivity contribution in [3.63, 3.8) is 0 Å². The van der Waals surface area contributed by atoms with Crippen LogP contribution in [0.15, 0.2) is 54.9 Å². The first-order valence-electron chi connectivity index (χ1n) is 8.69. The molecule has 28 heavy (non-hydrogen) atoms. The number of carbonyl (C=O) groups excluding carboxylic acids is 1. The van der Waals surface area contributed by atoms with Crippen molar-refractivity contribution in [1.82, 2.24) is 9.97 Å². The Hall–Kier alpha value is -3.32. The van der Waals surface area contributed by atoms with Crippen LogP contribution in [0.3, 0.4) is 0 Å². The van der Waals surface area contributed by atoms with Crippen LogP contribution in [0.5, 0.6) is 11.5 Å². The van der Waals surface area contributed by atoms with Crippen LogP contribution in [0.2, 0.25) is 5.02 Å².